The van der Waals surface area contributed by atoms with Crippen molar-refractivity contribution >= 4 is 15.7 Å². The third-order valence-corrected chi connectivity index (χ3v) is 6.14. The maximum absolute atomic E-state index is 11.5. The van der Waals surface area contributed by atoms with Gasteiger partial charge >= 0.3 is 0 Å². The molecule has 2 saturated heterocycles. The summed E-state index contributed by atoms with van der Waals surface area (Å²) in [4.78, 5) is 11.1. The zero-order valence-electron chi connectivity index (χ0n) is 12.9. The van der Waals surface area contributed by atoms with Crippen LogP contribution in [0.3, 0.4) is 0 Å². The van der Waals surface area contributed by atoms with Crippen molar-refractivity contribution in [3.63, 3.8) is 0 Å². The zero-order chi connectivity index (χ0) is 15.4. The van der Waals surface area contributed by atoms with E-state index in [1.165, 1.54) is 19.3 Å². The van der Waals surface area contributed by atoms with Gasteiger partial charge in [-0.2, -0.15) is 0 Å². The van der Waals surface area contributed by atoms with Crippen molar-refractivity contribution in [3.8, 4) is 0 Å². The first kappa shape index (κ1) is 15.7. The van der Waals surface area contributed by atoms with Gasteiger partial charge in [-0.25, -0.2) is 13.4 Å². The fraction of sp³-hybridized carbons (Fsp3) is 0.733. The number of anilines is 1. The Balaban J connectivity index is 1.64. The molecule has 1 aromatic heterocycles. The Kier molecular flexibility index (Phi) is 4.93. The monoisotopic (exact) mass is 324 g/mol. The highest BCUT2D eigenvalue weighted by Gasteiger charge is 2.23. The van der Waals surface area contributed by atoms with E-state index in [9.17, 15) is 8.42 Å². The molecule has 22 heavy (non-hydrogen) atoms. The lowest BCUT2D eigenvalue weighted by atomic mass is 9.95. The Labute approximate surface area is 132 Å². The highest BCUT2D eigenvalue weighted by Crippen LogP contribution is 2.20. The van der Waals surface area contributed by atoms with Gasteiger partial charge in [0.25, 0.3) is 0 Å². The van der Waals surface area contributed by atoms with E-state index in [0.717, 1.165) is 31.0 Å². The van der Waals surface area contributed by atoms with E-state index in [4.69, 9.17) is 4.98 Å². The van der Waals surface area contributed by atoms with Crippen molar-refractivity contribution in [1.82, 2.24) is 15.3 Å². The van der Waals surface area contributed by atoms with Gasteiger partial charge in [0.15, 0.2) is 9.84 Å². The van der Waals surface area contributed by atoms with E-state index in [1.807, 2.05) is 11.1 Å². The molecule has 1 aromatic rings. The summed E-state index contributed by atoms with van der Waals surface area (Å²) in [6.07, 6.45) is 8.21. The molecule has 3 rings (SSSR count). The molecule has 1 N–H and O–H groups in total. The minimum absolute atomic E-state index is 0.215. The predicted octanol–water partition coefficient (Wildman–Crippen LogP) is 0.644. The summed E-state index contributed by atoms with van der Waals surface area (Å²) in [5.74, 6) is 1.92. The minimum Gasteiger partial charge on any atom is -0.353 e. The fourth-order valence-electron chi connectivity index (χ4n) is 3.18. The summed E-state index contributed by atoms with van der Waals surface area (Å²) in [5.41, 5.74) is 1.03. The van der Waals surface area contributed by atoms with Gasteiger partial charge < -0.3 is 10.2 Å². The predicted molar refractivity (Wildman–Crippen MR) is 86.8 cm³/mol. The fourth-order valence-corrected chi connectivity index (χ4v) is 4.38. The smallest absolute Gasteiger partial charge is 0.153 e. The second-order valence-electron chi connectivity index (χ2n) is 6.26. The second-order valence-corrected chi connectivity index (χ2v) is 8.56. The number of hydrogen-bond donors (Lipinski definition) is 1. The third-order valence-electron chi connectivity index (χ3n) is 4.53. The number of hydrogen-bond acceptors (Lipinski definition) is 6. The van der Waals surface area contributed by atoms with Crippen LogP contribution in [0.2, 0.25) is 0 Å². The maximum atomic E-state index is 11.5. The van der Waals surface area contributed by atoms with Crippen LogP contribution in [-0.2, 0) is 16.3 Å². The lowest BCUT2D eigenvalue weighted by molar-refractivity contribution is 0.464. The van der Waals surface area contributed by atoms with Crippen molar-refractivity contribution in [1.29, 1.82) is 0 Å². The molecule has 1 atom stereocenters. The Bertz CT molecular complexity index is 583. The molecule has 0 spiro atoms. The summed E-state index contributed by atoms with van der Waals surface area (Å²) in [7, 11) is -2.86. The van der Waals surface area contributed by atoms with Crippen LogP contribution in [-0.4, -0.2) is 56.1 Å². The third kappa shape index (κ3) is 4.16. The lowest BCUT2D eigenvalue weighted by Crippen LogP contribution is -2.40. The maximum Gasteiger partial charge on any atom is 0.153 e. The summed E-state index contributed by atoms with van der Waals surface area (Å²) in [6.45, 7) is 3.24. The first-order valence-corrected chi connectivity index (χ1v) is 9.91. The van der Waals surface area contributed by atoms with Crippen LogP contribution in [0.15, 0.2) is 12.4 Å². The standard InChI is InChI=1S/C15H24N4O2S/c20-22(21)8-6-19(7-9-22)15-12-17-11-14(18-15)10-13-2-1-4-16-5-3-13/h11-13,16H,1-10H2/t13-/m1/s1. The van der Waals surface area contributed by atoms with Crippen LogP contribution in [0.5, 0.6) is 0 Å². The van der Waals surface area contributed by atoms with Crippen molar-refractivity contribution in [3.05, 3.63) is 18.1 Å². The molecule has 122 valence electrons. The lowest BCUT2D eigenvalue weighted by Gasteiger charge is -2.27. The number of sulfone groups is 1. The van der Waals surface area contributed by atoms with Gasteiger partial charge in [-0.05, 0) is 44.7 Å². The summed E-state index contributed by atoms with van der Waals surface area (Å²) < 4.78 is 23.0. The molecule has 2 aliphatic heterocycles. The van der Waals surface area contributed by atoms with E-state index in [2.05, 4.69) is 10.3 Å². The van der Waals surface area contributed by atoms with E-state index in [0.29, 0.717) is 19.0 Å². The Hall–Kier alpha value is -1.21. The number of aromatic nitrogens is 2. The van der Waals surface area contributed by atoms with E-state index in [-0.39, 0.29) is 11.5 Å². The second kappa shape index (κ2) is 6.91. The first-order valence-electron chi connectivity index (χ1n) is 8.09. The molecule has 0 aliphatic carbocycles. The largest absolute Gasteiger partial charge is 0.353 e. The molecular weight excluding hydrogens is 300 g/mol. The highest BCUT2D eigenvalue weighted by molar-refractivity contribution is 7.91. The van der Waals surface area contributed by atoms with Gasteiger partial charge in [-0.3, -0.25) is 4.98 Å². The minimum atomic E-state index is -2.86. The van der Waals surface area contributed by atoms with Crippen LogP contribution >= 0.6 is 0 Å². The van der Waals surface area contributed by atoms with Gasteiger partial charge in [0.2, 0.25) is 0 Å². The Morgan fingerprint density at radius 1 is 1.18 bits per heavy atom. The van der Waals surface area contributed by atoms with Gasteiger partial charge in [0.1, 0.15) is 5.82 Å². The van der Waals surface area contributed by atoms with E-state index < -0.39 is 9.84 Å². The molecule has 2 fully saturated rings. The molecule has 0 amide bonds. The molecular formula is C15H24N4O2S. The van der Waals surface area contributed by atoms with Crippen LogP contribution in [0.4, 0.5) is 5.82 Å². The van der Waals surface area contributed by atoms with Crippen molar-refractivity contribution in [2.24, 2.45) is 5.92 Å². The molecule has 3 heterocycles. The van der Waals surface area contributed by atoms with Crippen LogP contribution in [0, 0.1) is 5.92 Å². The molecule has 0 aromatic carbocycles. The molecule has 2 aliphatic rings. The molecule has 0 radical (unpaired) electrons. The Morgan fingerprint density at radius 3 is 2.82 bits per heavy atom. The zero-order valence-corrected chi connectivity index (χ0v) is 13.7. The van der Waals surface area contributed by atoms with Gasteiger partial charge in [-0.1, -0.05) is 0 Å². The van der Waals surface area contributed by atoms with Gasteiger partial charge in [0.05, 0.1) is 23.4 Å². The van der Waals surface area contributed by atoms with Crippen molar-refractivity contribution in [2.45, 2.75) is 25.7 Å². The van der Waals surface area contributed by atoms with Crippen LogP contribution < -0.4 is 10.2 Å². The van der Waals surface area contributed by atoms with Crippen molar-refractivity contribution < 1.29 is 8.42 Å². The quantitative estimate of drug-likeness (QED) is 0.880. The number of nitrogens with zero attached hydrogens (tertiary/aromatic N) is 3. The normalized spacial score (nSPS) is 25.6. The highest BCUT2D eigenvalue weighted by atomic mass is 32.2. The summed E-state index contributed by atoms with van der Waals surface area (Å²) in [6, 6.07) is 0. The van der Waals surface area contributed by atoms with Crippen molar-refractivity contribution in [2.75, 3.05) is 42.6 Å². The Morgan fingerprint density at radius 2 is 2.00 bits per heavy atom. The topological polar surface area (TPSA) is 75.2 Å². The van der Waals surface area contributed by atoms with Gasteiger partial charge in [0, 0.05) is 19.3 Å². The number of nitrogens with one attached hydrogen (secondary N) is 1. The molecule has 6 nitrogen and oxygen atoms in total. The number of rotatable bonds is 3. The van der Waals surface area contributed by atoms with Crippen LogP contribution in [0.1, 0.15) is 25.0 Å². The molecule has 0 saturated carbocycles. The van der Waals surface area contributed by atoms with E-state index in [1.54, 1.807) is 6.20 Å². The average Bonchev–Trinajstić information content (AvgIpc) is 2.76. The summed E-state index contributed by atoms with van der Waals surface area (Å²) in [5, 5.41) is 3.43. The van der Waals surface area contributed by atoms with Crippen LogP contribution in [0.25, 0.3) is 0 Å². The SMILES string of the molecule is O=S1(=O)CCN(c2cncc(C[C@@H]3CCCNCC3)n2)CC1. The molecule has 7 heteroatoms. The summed E-state index contributed by atoms with van der Waals surface area (Å²) >= 11 is 0. The first-order chi connectivity index (χ1) is 10.6. The van der Waals surface area contributed by atoms with Gasteiger partial charge in [-0.15, -0.1) is 0 Å². The van der Waals surface area contributed by atoms with E-state index >= 15 is 0 Å². The average molecular weight is 324 g/mol. The molecule has 0 unspecified atom stereocenters. The molecule has 0 bridgehead atoms.